The number of aryl methyl sites for hydroxylation is 1. The van der Waals surface area contributed by atoms with Gasteiger partial charge in [-0.1, -0.05) is 30.3 Å². The zero-order chi connectivity index (χ0) is 18.6. The van der Waals surface area contributed by atoms with Crippen LogP contribution in [0, 0.1) is 0 Å². The van der Waals surface area contributed by atoms with E-state index in [0.29, 0.717) is 6.42 Å². The molecule has 5 nitrogen and oxygen atoms in total. The second kappa shape index (κ2) is 7.74. The fourth-order valence-electron chi connectivity index (χ4n) is 3.89. The third-order valence-corrected chi connectivity index (χ3v) is 5.19. The number of carbonyl (C=O) groups is 1. The minimum absolute atomic E-state index is 0.0272. The molecule has 138 valence electrons. The fraction of sp³-hybridized carbons (Fsp3) is 0.318. The molecule has 0 spiro atoms. The SMILES string of the molecule is Cn1cc(-c2ccncc2)c(C2CCCCN2C(=O)Cc2ccccc2)n1. The van der Waals surface area contributed by atoms with Crippen LogP contribution in [0.2, 0.25) is 0 Å². The summed E-state index contributed by atoms with van der Waals surface area (Å²) in [6, 6.07) is 14.0. The first-order valence-electron chi connectivity index (χ1n) is 9.49. The van der Waals surface area contributed by atoms with Crippen molar-refractivity contribution in [2.45, 2.75) is 31.7 Å². The highest BCUT2D eigenvalue weighted by Crippen LogP contribution is 2.36. The molecule has 1 unspecified atom stereocenters. The zero-order valence-electron chi connectivity index (χ0n) is 15.6. The summed E-state index contributed by atoms with van der Waals surface area (Å²) in [4.78, 5) is 19.2. The van der Waals surface area contributed by atoms with Gasteiger partial charge in [0.05, 0.1) is 18.2 Å². The third kappa shape index (κ3) is 3.77. The van der Waals surface area contributed by atoms with Crippen molar-refractivity contribution < 1.29 is 4.79 Å². The van der Waals surface area contributed by atoms with Gasteiger partial charge in [-0.05, 0) is 42.5 Å². The van der Waals surface area contributed by atoms with Crippen molar-refractivity contribution in [2.24, 2.45) is 7.05 Å². The summed E-state index contributed by atoms with van der Waals surface area (Å²) in [6.07, 6.45) is 9.20. The van der Waals surface area contributed by atoms with E-state index in [1.54, 1.807) is 12.4 Å². The standard InChI is InChI=1S/C22H24N4O/c1-25-16-19(18-10-12-23-13-11-18)22(24-25)20-9-5-6-14-26(20)21(27)15-17-7-3-2-4-8-17/h2-4,7-8,10-13,16,20H,5-6,9,14-15H2,1H3. The van der Waals surface area contributed by atoms with Gasteiger partial charge in [0.15, 0.2) is 0 Å². The molecule has 0 N–H and O–H groups in total. The zero-order valence-corrected chi connectivity index (χ0v) is 15.6. The number of benzene rings is 1. The summed E-state index contributed by atoms with van der Waals surface area (Å²) in [7, 11) is 1.94. The van der Waals surface area contributed by atoms with E-state index >= 15 is 0 Å². The van der Waals surface area contributed by atoms with Crippen LogP contribution >= 0.6 is 0 Å². The van der Waals surface area contributed by atoms with E-state index < -0.39 is 0 Å². The van der Waals surface area contributed by atoms with E-state index in [-0.39, 0.29) is 11.9 Å². The molecule has 1 fully saturated rings. The molecule has 0 radical (unpaired) electrons. The van der Waals surface area contributed by atoms with Crippen molar-refractivity contribution in [3.8, 4) is 11.1 Å². The number of amides is 1. The lowest BCUT2D eigenvalue weighted by Crippen LogP contribution is -2.39. The molecular formula is C22H24N4O. The number of hydrogen-bond acceptors (Lipinski definition) is 3. The Bertz CT molecular complexity index is 905. The number of nitrogens with zero attached hydrogens (tertiary/aromatic N) is 4. The Hall–Kier alpha value is -2.95. The molecule has 1 atom stereocenters. The maximum absolute atomic E-state index is 13.1. The molecule has 2 aromatic heterocycles. The average Bonchev–Trinajstić information content (AvgIpc) is 3.11. The van der Waals surface area contributed by atoms with Gasteiger partial charge >= 0.3 is 0 Å². The van der Waals surface area contributed by atoms with Crippen LogP contribution in [0.4, 0.5) is 0 Å². The normalized spacial score (nSPS) is 17.1. The van der Waals surface area contributed by atoms with Crippen molar-refractivity contribution in [3.05, 3.63) is 72.3 Å². The number of likely N-dealkylation sites (tertiary alicyclic amines) is 1. The second-order valence-electron chi connectivity index (χ2n) is 7.10. The third-order valence-electron chi connectivity index (χ3n) is 5.19. The fourth-order valence-corrected chi connectivity index (χ4v) is 3.89. The first-order valence-corrected chi connectivity index (χ1v) is 9.49. The van der Waals surface area contributed by atoms with Gasteiger partial charge in [0.25, 0.3) is 0 Å². The van der Waals surface area contributed by atoms with Gasteiger partial charge in [-0.2, -0.15) is 5.10 Å². The van der Waals surface area contributed by atoms with Crippen LogP contribution in [0.3, 0.4) is 0 Å². The first-order chi connectivity index (χ1) is 13.2. The van der Waals surface area contributed by atoms with Gasteiger partial charge in [-0.3, -0.25) is 14.5 Å². The number of hydrogen-bond donors (Lipinski definition) is 0. The van der Waals surface area contributed by atoms with Gasteiger partial charge < -0.3 is 4.90 Å². The maximum atomic E-state index is 13.1. The minimum atomic E-state index is 0.0272. The Balaban J connectivity index is 1.64. The molecule has 5 heteroatoms. The van der Waals surface area contributed by atoms with Gasteiger partial charge in [-0.25, -0.2) is 0 Å². The molecule has 3 aromatic rings. The van der Waals surface area contributed by atoms with Crippen molar-refractivity contribution in [3.63, 3.8) is 0 Å². The molecular weight excluding hydrogens is 336 g/mol. The maximum Gasteiger partial charge on any atom is 0.227 e. The summed E-state index contributed by atoms with van der Waals surface area (Å²) in [6.45, 7) is 0.794. The average molecular weight is 360 g/mol. The van der Waals surface area contributed by atoms with E-state index in [1.807, 2.05) is 65.3 Å². The van der Waals surface area contributed by atoms with E-state index in [9.17, 15) is 4.79 Å². The van der Waals surface area contributed by atoms with Crippen LogP contribution in [-0.4, -0.2) is 32.1 Å². The van der Waals surface area contributed by atoms with Crippen LogP contribution < -0.4 is 0 Å². The van der Waals surface area contributed by atoms with E-state index in [0.717, 1.165) is 48.2 Å². The van der Waals surface area contributed by atoms with Gasteiger partial charge in [0.2, 0.25) is 5.91 Å². The number of rotatable bonds is 4. The van der Waals surface area contributed by atoms with E-state index in [1.165, 1.54) is 0 Å². The second-order valence-corrected chi connectivity index (χ2v) is 7.10. The van der Waals surface area contributed by atoms with Crippen LogP contribution in [0.25, 0.3) is 11.1 Å². The number of piperidine rings is 1. The molecule has 0 saturated carbocycles. The Morgan fingerprint density at radius 1 is 1.11 bits per heavy atom. The minimum Gasteiger partial charge on any atom is -0.334 e. The molecule has 1 aromatic carbocycles. The summed E-state index contributed by atoms with van der Waals surface area (Å²) in [5.74, 6) is 0.178. The molecule has 4 rings (SSSR count). The van der Waals surface area contributed by atoms with Crippen molar-refractivity contribution >= 4 is 5.91 Å². The number of aromatic nitrogens is 3. The Labute approximate surface area is 159 Å². The van der Waals surface area contributed by atoms with Gasteiger partial charge in [0, 0.05) is 37.7 Å². The van der Waals surface area contributed by atoms with Crippen LogP contribution in [0.5, 0.6) is 0 Å². The van der Waals surface area contributed by atoms with E-state index in [2.05, 4.69) is 4.98 Å². The summed E-state index contributed by atoms with van der Waals surface area (Å²) < 4.78 is 1.85. The van der Waals surface area contributed by atoms with Crippen LogP contribution in [0.1, 0.15) is 36.6 Å². The molecule has 0 aliphatic carbocycles. The number of carbonyl (C=O) groups excluding carboxylic acids is 1. The quantitative estimate of drug-likeness (QED) is 0.711. The Morgan fingerprint density at radius 3 is 2.67 bits per heavy atom. The summed E-state index contributed by atoms with van der Waals surface area (Å²) >= 11 is 0. The van der Waals surface area contributed by atoms with Crippen molar-refractivity contribution in [2.75, 3.05) is 6.54 Å². The van der Waals surface area contributed by atoms with Gasteiger partial charge in [0.1, 0.15) is 0 Å². The largest absolute Gasteiger partial charge is 0.334 e. The summed E-state index contributed by atoms with van der Waals surface area (Å²) in [5.41, 5.74) is 4.23. The predicted octanol–water partition coefficient (Wildman–Crippen LogP) is 3.78. The molecule has 27 heavy (non-hydrogen) atoms. The highest BCUT2D eigenvalue weighted by atomic mass is 16.2. The Morgan fingerprint density at radius 2 is 1.89 bits per heavy atom. The first kappa shape index (κ1) is 17.5. The smallest absolute Gasteiger partial charge is 0.227 e. The van der Waals surface area contributed by atoms with Gasteiger partial charge in [-0.15, -0.1) is 0 Å². The molecule has 3 heterocycles. The van der Waals surface area contributed by atoms with Crippen molar-refractivity contribution in [1.82, 2.24) is 19.7 Å². The molecule has 1 aliphatic rings. The molecule has 0 bridgehead atoms. The lowest BCUT2D eigenvalue weighted by atomic mass is 9.94. The monoisotopic (exact) mass is 360 g/mol. The van der Waals surface area contributed by atoms with E-state index in [4.69, 9.17) is 5.10 Å². The van der Waals surface area contributed by atoms with Crippen LogP contribution in [0.15, 0.2) is 61.1 Å². The highest BCUT2D eigenvalue weighted by molar-refractivity contribution is 5.80. The lowest BCUT2D eigenvalue weighted by molar-refractivity contribution is -0.134. The number of pyridine rings is 1. The topological polar surface area (TPSA) is 51.0 Å². The molecule has 1 aliphatic heterocycles. The summed E-state index contributed by atoms with van der Waals surface area (Å²) in [5, 5.41) is 4.75. The van der Waals surface area contributed by atoms with Crippen molar-refractivity contribution in [1.29, 1.82) is 0 Å². The Kier molecular flexibility index (Phi) is 5.01. The lowest BCUT2D eigenvalue weighted by Gasteiger charge is -2.35. The highest BCUT2D eigenvalue weighted by Gasteiger charge is 2.31. The molecule has 1 saturated heterocycles. The molecule has 1 amide bonds. The van der Waals surface area contributed by atoms with Crippen LogP contribution in [-0.2, 0) is 18.3 Å². The predicted molar refractivity (Wildman–Crippen MR) is 105 cm³/mol.